The van der Waals surface area contributed by atoms with Crippen LogP contribution in [-0.4, -0.2) is 19.0 Å². The van der Waals surface area contributed by atoms with E-state index in [1.54, 1.807) is 12.1 Å². The largest absolute Gasteiger partial charge is 0.399 e. The SMILES string of the molecule is NCCNC(=O)c1cc(N)ccc1Cl. The van der Waals surface area contributed by atoms with Crippen molar-refractivity contribution in [1.29, 1.82) is 0 Å². The maximum Gasteiger partial charge on any atom is 0.252 e. The van der Waals surface area contributed by atoms with Gasteiger partial charge in [0.15, 0.2) is 0 Å². The second kappa shape index (κ2) is 4.83. The Bertz CT molecular complexity index is 341. The van der Waals surface area contributed by atoms with Crippen LogP contribution in [0, 0.1) is 0 Å². The normalized spacial score (nSPS) is 9.86. The first-order chi connectivity index (χ1) is 6.65. The first-order valence-electron chi connectivity index (χ1n) is 4.18. The minimum atomic E-state index is -0.257. The molecule has 5 heteroatoms. The van der Waals surface area contributed by atoms with Crippen molar-refractivity contribution in [3.05, 3.63) is 28.8 Å². The quantitative estimate of drug-likeness (QED) is 0.644. The van der Waals surface area contributed by atoms with Crippen LogP contribution in [0.3, 0.4) is 0 Å². The Morgan fingerprint density at radius 1 is 1.50 bits per heavy atom. The van der Waals surface area contributed by atoms with E-state index in [0.29, 0.717) is 29.4 Å². The van der Waals surface area contributed by atoms with E-state index in [1.807, 2.05) is 0 Å². The number of carbonyl (C=O) groups is 1. The molecule has 0 aliphatic heterocycles. The van der Waals surface area contributed by atoms with E-state index in [1.165, 1.54) is 6.07 Å². The molecule has 0 atom stereocenters. The van der Waals surface area contributed by atoms with Crippen LogP contribution in [0.4, 0.5) is 5.69 Å². The molecule has 0 aliphatic rings. The first kappa shape index (κ1) is 10.8. The maximum atomic E-state index is 11.5. The Labute approximate surface area is 87.2 Å². The topological polar surface area (TPSA) is 81.1 Å². The van der Waals surface area contributed by atoms with Crippen molar-refractivity contribution >= 4 is 23.2 Å². The average Bonchev–Trinajstić information content (AvgIpc) is 2.18. The highest BCUT2D eigenvalue weighted by Crippen LogP contribution is 2.18. The second-order valence-corrected chi connectivity index (χ2v) is 3.19. The number of halogens is 1. The molecular weight excluding hydrogens is 202 g/mol. The number of nitrogens with one attached hydrogen (secondary N) is 1. The molecule has 4 nitrogen and oxygen atoms in total. The van der Waals surface area contributed by atoms with Gasteiger partial charge in [0.1, 0.15) is 0 Å². The van der Waals surface area contributed by atoms with Gasteiger partial charge >= 0.3 is 0 Å². The van der Waals surface area contributed by atoms with Gasteiger partial charge in [0, 0.05) is 18.8 Å². The Hall–Kier alpha value is -1.26. The smallest absolute Gasteiger partial charge is 0.252 e. The number of hydrogen-bond donors (Lipinski definition) is 3. The molecule has 0 radical (unpaired) electrons. The summed E-state index contributed by atoms with van der Waals surface area (Å²) in [5.41, 5.74) is 11.7. The fourth-order valence-corrected chi connectivity index (χ4v) is 1.20. The fourth-order valence-electron chi connectivity index (χ4n) is 0.998. The van der Waals surface area contributed by atoms with Gasteiger partial charge in [-0.3, -0.25) is 4.79 Å². The van der Waals surface area contributed by atoms with Crippen molar-refractivity contribution in [1.82, 2.24) is 5.32 Å². The van der Waals surface area contributed by atoms with Crippen LogP contribution in [0.25, 0.3) is 0 Å². The minimum Gasteiger partial charge on any atom is -0.399 e. The van der Waals surface area contributed by atoms with Crippen LogP contribution in [0.1, 0.15) is 10.4 Å². The highest BCUT2D eigenvalue weighted by Gasteiger charge is 2.09. The summed E-state index contributed by atoms with van der Waals surface area (Å²) in [5.74, 6) is -0.257. The van der Waals surface area contributed by atoms with E-state index in [9.17, 15) is 4.79 Å². The van der Waals surface area contributed by atoms with Gasteiger partial charge in [-0.25, -0.2) is 0 Å². The predicted molar refractivity (Wildman–Crippen MR) is 57.3 cm³/mol. The number of carbonyl (C=O) groups excluding carboxylic acids is 1. The van der Waals surface area contributed by atoms with E-state index < -0.39 is 0 Å². The number of benzene rings is 1. The van der Waals surface area contributed by atoms with E-state index >= 15 is 0 Å². The predicted octanol–water partition coefficient (Wildman–Crippen LogP) is 0.611. The van der Waals surface area contributed by atoms with Crippen LogP contribution in [0.2, 0.25) is 5.02 Å². The molecule has 0 saturated heterocycles. The van der Waals surface area contributed by atoms with E-state index in [4.69, 9.17) is 23.1 Å². The van der Waals surface area contributed by atoms with E-state index in [-0.39, 0.29) is 5.91 Å². The molecule has 0 heterocycles. The molecule has 1 aromatic rings. The van der Waals surface area contributed by atoms with Crippen LogP contribution in [0.5, 0.6) is 0 Å². The molecule has 0 unspecified atom stereocenters. The third-order valence-corrected chi connectivity index (χ3v) is 1.99. The average molecular weight is 214 g/mol. The van der Waals surface area contributed by atoms with E-state index in [0.717, 1.165) is 0 Å². The van der Waals surface area contributed by atoms with Gasteiger partial charge in [-0.05, 0) is 18.2 Å². The summed E-state index contributed by atoms with van der Waals surface area (Å²) < 4.78 is 0. The zero-order chi connectivity index (χ0) is 10.6. The summed E-state index contributed by atoms with van der Waals surface area (Å²) >= 11 is 5.82. The molecule has 0 aliphatic carbocycles. The molecule has 1 amide bonds. The second-order valence-electron chi connectivity index (χ2n) is 2.78. The maximum absolute atomic E-state index is 11.5. The highest BCUT2D eigenvalue weighted by molar-refractivity contribution is 6.34. The van der Waals surface area contributed by atoms with Gasteiger partial charge in [-0.2, -0.15) is 0 Å². The lowest BCUT2D eigenvalue weighted by Gasteiger charge is -2.05. The van der Waals surface area contributed by atoms with Crippen LogP contribution < -0.4 is 16.8 Å². The van der Waals surface area contributed by atoms with Crippen molar-refractivity contribution in [2.45, 2.75) is 0 Å². The molecule has 0 spiro atoms. The van der Waals surface area contributed by atoms with Crippen molar-refractivity contribution in [2.24, 2.45) is 5.73 Å². The van der Waals surface area contributed by atoms with Crippen LogP contribution in [0.15, 0.2) is 18.2 Å². The summed E-state index contributed by atoms with van der Waals surface area (Å²) in [6.45, 7) is 0.815. The van der Waals surface area contributed by atoms with Gasteiger partial charge in [0.2, 0.25) is 0 Å². The summed E-state index contributed by atoms with van der Waals surface area (Å²) in [7, 11) is 0. The molecule has 0 bridgehead atoms. The van der Waals surface area contributed by atoms with Gasteiger partial charge in [0.05, 0.1) is 10.6 Å². The lowest BCUT2D eigenvalue weighted by atomic mass is 10.2. The summed E-state index contributed by atoms with van der Waals surface area (Å²) in [6.07, 6.45) is 0. The Balaban J connectivity index is 2.83. The highest BCUT2D eigenvalue weighted by atomic mass is 35.5. The van der Waals surface area contributed by atoms with Crippen LogP contribution >= 0.6 is 11.6 Å². The molecule has 5 N–H and O–H groups in total. The van der Waals surface area contributed by atoms with Gasteiger partial charge in [-0.15, -0.1) is 0 Å². The van der Waals surface area contributed by atoms with Gasteiger partial charge in [-0.1, -0.05) is 11.6 Å². The number of anilines is 1. The van der Waals surface area contributed by atoms with Crippen molar-refractivity contribution in [3.8, 4) is 0 Å². The Kier molecular flexibility index (Phi) is 3.73. The zero-order valence-corrected chi connectivity index (χ0v) is 8.34. The monoisotopic (exact) mass is 213 g/mol. The molecule has 0 fully saturated rings. The summed E-state index contributed by atoms with van der Waals surface area (Å²) in [6, 6.07) is 4.77. The third-order valence-electron chi connectivity index (χ3n) is 1.66. The zero-order valence-electron chi connectivity index (χ0n) is 7.59. The fraction of sp³-hybridized carbons (Fsp3) is 0.222. The molecule has 0 saturated carbocycles. The molecule has 1 aromatic carbocycles. The lowest BCUT2D eigenvalue weighted by Crippen LogP contribution is -2.29. The third kappa shape index (κ3) is 2.61. The summed E-state index contributed by atoms with van der Waals surface area (Å²) in [4.78, 5) is 11.5. The molecule has 0 aromatic heterocycles. The molecular formula is C9H12ClN3O. The number of nitrogen functional groups attached to an aromatic ring is 1. The number of nitrogens with two attached hydrogens (primary N) is 2. The molecule has 14 heavy (non-hydrogen) atoms. The number of amides is 1. The Morgan fingerprint density at radius 3 is 2.86 bits per heavy atom. The van der Waals surface area contributed by atoms with Gasteiger partial charge in [0.25, 0.3) is 5.91 Å². The van der Waals surface area contributed by atoms with Crippen molar-refractivity contribution in [3.63, 3.8) is 0 Å². The molecule has 1 rings (SSSR count). The molecule has 76 valence electrons. The van der Waals surface area contributed by atoms with E-state index in [2.05, 4.69) is 5.32 Å². The van der Waals surface area contributed by atoms with Crippen molar-refractivity contribution < 1.29 is 4.79 Å². The van der Waals surface area contributed by atoms with Crippen molar-refractivity contribution in [2.75, 3.05) is 18.8 Å². The van der Waals surface area contributed by atoms with Gasteiger partial charge < -0.3 is 16.8 Å². The summed E-state index contributed by atoms with van der Waals surface area (Å²) in [5, 5.41) is 3.00. The number of rotatable bonds is 3. The lowest BCUT2D eigenvalue weighted by molar-refractivity contribution is 0.0955. The number of hydrogen-bond acceptors (Lipinski definition) is 3. The Morgan fingerprint density at radius 2 is 2.21 bits per heavy atom. The van der Waals surface area contributed by atoms with Crippen LogP contribution in [-0.2, 0) is 0 Å². The standard InChI is InChI=1S/C9H12ClN3O/c10-8-2-1-6(12)5-7(8)9(14)13-4-3-11/h1-2,5H,3-4,11-12H2,(H,13,14). The minimum absolute atomic E-state index is 0.257. The first-order valence-corrected chi connectivity index (χ1v) is 4.56.